The zero-order valence-electron chi connectivity index (χ0n) is 9.54. The van der Waals surface area contributed by atoms with Crippen molar-refractivity contribution in [3.8, 4) is 0 Å². The third-order valence-corrected chi connectivity index (χ3v) is 3.72. The van der Waals surface area contributed by atoms with Gasteiger partial charge in [0.2, 0.25) is 0 Å². The zero-order chi connectivity index (χ0) is 12.7. The summed E-state index contributed by atoms with van der Waals surface area (Å²) < 4.78 is 27.5. The molecule has 1 aromatic carbocycles. The summed E-state index contributed by atoms with van der Waals surface area (Å²) >= 11 is 0. The Morgan fingerprint density at radius 3 is 2.35 bits per heavy atom. The molecule has 4 heteroatoms. The SMILES string of the molecule is CC(F)(F)C1(c2ccccc2C(=O)O)CCC1. The number of halogens is 2. The number of carboxylic acids is 1. The lowest BCUT2D eigenvalue weighted by Crippen LogP contribution is -2.49. The van der Waals surface area contributed by atoms with Crippen molar-refractivity contribution in [3.63, 3.8) is 0 Å². The molecule has 0 aromatic heterocycles. The van der Waals surface area contributed by atoms with Gasteiger partial charge in [0.15, 0.2) is 0 Å². The second-order valence-corrected chi connectivity index (χ2v) is 4.67. The second kappa shape index (κ2) is 3.79. The van der Waals surface area contributed by atoms with Gasteiger partial charge < -0.3 is 5.11 Å². The van der Waals surface area contributed by atoms with E-state index in [2.05, 4.69) is 0 Å². The van der Waals surface area contributed by atoms with Crippen LogP contribution in [-0.4, -0.2) is 17.0 Å². The van der Waals surface area contributed by atoms with E-state index in [4.69, 9.17) is 5.11 Å². The first kappa shape index (κ1) is 12.0. The van der Waals surface area contributed by atoms with E-state index in [0.29, 0.717) is 12.8 Å². The van der Waals surface area contributed by atoms with E-state index in [-0.39, 0.29) is 11.1 Å². The summed E-state index contributed by atoms with van der Waals surface area (Å²) in [7, 11) is 0. The Morgan fingerprint density at radius 2 is 1.94 bits per heavy atom. The Morgan fingerprint density at radius 1 is 1.35 bits per heavy atom. The van der Waals surface area contributed by atoms with Crippen molar-refractivity contribution in [2.45, 2.75) is 37.5 Å². The van der Waals surface area contributed by atoms with Gasteiger partial charge in [0.25, 0.3) is 5.92 Å². The summed E-state index contributed by atoms with van der Waals surface area (Å²) in [6.07, 6.45) is 1.42. The molecule has 0 saturated heterocycles. The molecule has 0 aliphatic heterocycles. The van der Waals surface area contributed by atoms with Crippen LogP contribution in [0.15, 0.2) is 24.3 Å². The lowest BCUT2D eigenvalue weighted by atomic mass is 9.60. The minimum absolute atomic E-state index is 0.00581. The fraction of sp³-hybridized carbons (Fsp3) is 0.462. The molecular weight excluding hydrogens is 226 g/mol. The Balaban J connectivity index is 2.56. The fourth-order valence-electron chi connectivity index (χ4n) is 2.56. The molecule has 2 nitrogen and oxygen atoms in total. The Labute approximate surface area is 98.3 Å². The smallest absolute Gasteiger partial charge is 0.335 e. The molecule has 0 amide bonds. The predicted octanol–water partition coefficient (Wildman–Crippen LogP) is 3.46. The van der Waals surface area contributed by atoms with Gasteiger partial charge in [0.05, 0.1) is 11.0 Å². The van der Waals surface area contributed by atoms with Crippen LogP contribution in [0.3, 0.4) is 0 Å². The van der Waals surface area contributed by atoms with E-state index in [0.717, 1.165) is 13.3 Å². The average molecular weight is 240 g/mol. The molecule has 2 rings (SSSR count). The van der Waals surface area contributed by atoms with Crippen LogP contribution in [0, 0.1) is 0 Å². The maximum Gasteiger partial charge on any atom is 0.335 e. The van der Waals surface area contributed by atoms with Crippen molar-refractivity contribution in [3.05, 3.63) is 35.4 Å². The highest BCUT2D eigenvalue weighted by Crippen LogP contribution is 2.54. The first-order valence-corrected chi connectivity index (χ1v) is 5.59. The Hall–Kier alpha value is -1.45. The molecule has 0 radical (unpaired) electrons. The van der Waals surface area contributed by atoms with Gasteiger partial charge in [-0.25, -0.2) is 13.6 Å². The number of benzene rings is 1. The summed E-state index contributed by atoms with van der Waals surface area (Å²) in [5.41, 5.74) is -1.03. The van der Waals surface area contributed by atoms with Crippen LogP contribution < -0.4 is 0 Å². The van der Waals surface area contributed by atoms with E-state index in [1.807, 2.05) is 0 Å². The highest BCUT2D eigenvalue weighted by molar-refractivity contribution is 5.90. The third kappa shape index (κ3) is 1.72. The minimum Gasteiger partial charge on any atom is -0.478 e. The number of alkyl halides is 2. The monoisotopic (exact) mass is 240 g/mol. The van der Waals surface area contributed by atoms with Crippen molar-refractivity contribution in [2.75, 3.05) is 0 Å². The van der Waals surface area contributed by atoms with Gasteiger partial charge in [0.1, 0.15) is 0 Å². The molecular formula is C13H14F2O2. The maximum atomic E-state index is 13.8. The largest absolute Gasteiger partial charge is 0.478 e. The fourth-order valence-corrected chi connectivity index (χ4v) is 2.56. The first-order chi connectivity index (χ1) is 7.88. The number of aromatic carboxylic acids is 1. The van der Waals surface area contributed by atoms with E-state index in [1.54, 1.807) is 12.1 Å². The van der Waals surface area contributed by atoms with Gasteiger partial charge >= 0.3 is 5.97 Å². The lowest BCUT2D eigenvalue weighted by molar-refractivity contribution is -0.0972. The Bertz CT molecular complexity index is 445. The quantitative estimate of drug-likeness (QED) is 0.878. The number of rotatable bonds is 3. The predicted molar refractivity (Wildman–Crippen MR) is 59.6 cm³/mol. The van der Waals surface area contributed by atoms with Crippen LogP contribution in [0.5, 0.6) is 0 Å². The van der Waals surface area contributed by atoms with Crippen LogP contribution in [0.25, 0.3) is 0 Å². The van der Waals surface area contributed by atoms with Crippen LogP contribution in [-0.2, 0) is 5.41 Å². The summed E-state index contributed by atoms with van der Waals surface area (Å²) in [5, 5.41) is 9.07. The topological polar surface area (TPSA) is 37.3 Å². The molecule has 1 saturated carbocycles. The van der Waals surface area contributed by atoms with Crippen molar-refractivity contribution < 1.29 is 18.7 Å². The van der Waals surface area contributed by atoms with E-state index >= 15 is 0 Å². The minimum atomic E-state index is -2.89. The Kier molecular flexibility index (Phi) is 2.68. The highest BCUT2D eigenvalue weighted by Gasteiger charge is 2.56. The first-order valence-electron chi connectivity index (χ1n) is 5.59. The van der Waals surface area contributed by atoms with Gasteiger partial charge in [-0.05, 0) is 24.5 Å². The van der Waals surface area contributed by atoms with Gasteiger partial charge in [-0.2, -0.15) is 0 Å². The summed E-state index contributed by atoms with van der Waals surface area (Å²) in [6, 6.07) is 6.09. The van der Waals surface area contributed by atoms with Gasteiger partial charge in [0, 0.05) is 6.92 Å². The van der Waals surface area contributed by atoms with E-state index < -0.39 is 17.3 Å². The van der Waals surface area contributed by atoms with Crippen molar-refractivity contribution in [1.82, 2.24) is 0 Å². The molecule has 1 aromatic rings. The van der Waals surface area contributed by atoms with Crippen LogP contribution in [0.2, 0.25) is 0 Å². The highest BCUT2D eigenvalue weighted by atomic mass is 19.3. The molecule has 0 heterocycles. The van der Waals surface area contributed by atoms with Crippen LogP contribution in [0.1, 0.15) is 42.1 Å². The van der Waals surface area contributed by atoms with Crippen LogP contribution in [0.4, 0.5) is 8.78 Å². The average Bonchev–Trinajstić information content (AvgIpc) is 2.14. The number of carbonyl (C=O) groups is 1. The normalized spacial score (nSPS) is 18.5. The zero-order valence-corrected chi connectivity index (χ0v) is 9.54. The third-order valence-electron chi connectivity index (χ3n) is 3.72. The molecule has 1 N–H and O–H groups in total. The van der Waals surface area contributed by atoms with Crippen molar-refractivity contribution in [2.24, 2.45) is 0 Å². The standard InChI is InChI=1S/C13H14F2O2/c1-12(14,15)13(7-4-8-13)10-6-3-2-5-9(10)11(16)17/h2-3,5-6H,4,7-8H2,1H3,(H,16,17). The second-order valence-electron chi connectivity index (χ2n) is 4.67. The van der Waals surface area contributed by atoms with Gasteiger partial charge in [-0.3, -0.25) is 0 Å². The molecule has 0 bridgehead atoms. The lowest BCUT2D eigenvalue weighted by Gasteiger charge is -2.47. The van der Waals surface area contributed by atoms with Gasteiger partial charge in [-0.1, -0.05) is 24.6 Å². The summed E-state index contributed by atoms with van der Waals surface area (Å²) in [5.74, 6) is -4.03. The van der Waals surface area contributed by atoms with E-state index in [1.165, 1.54) is 12.1 Å². The summed E-state index contributed by atoms with van der Waals surface area (Å²) in [4.78, 5) is 11.1. The van der Waals surface area contributed by atoms with Crippen LogP contribution >= 0.6 is 0 Å². The molecule has 92 valence electrons. The van der Waals surface area contributed by atoms with Crippen molar-refractivity contribution >= 4 is 5.97 Å². The molecule has 1 aliphatic rings. The van der Waals surface area contributed by atoms with Gasteiger partial charge in [-0.15, -0.1) is 0 Å². The van der Waals surface area contributed by atoms with E-state index in [9.17, 15) is 13.6 Å². The number of hydrogen-bond donors (Lipinski definition) is 1. The molecule has 0 unspecified atom stereocenters. The summed E-state index contributed by atoms with van der Waals surface area (Å²) in [6.45, 7) is 0.880. The maximum absolute atomic E-state index is 13.8. The molecule has 1 aliphatic carbocycles. The number of carboxylic acid groups (broad SMARTS) is 1. The molecule has 1 fully saturated rings. The molecule has 17 heavy (non-hydrogen) atoms. The molecule has 0 atom stereocenters. The van der Waals surface area contributed by atoms with Crippen molar-refractivity contribution in [1.29, 1.82) is 0 Å². The number of hydrogen-bond acceptors (Lipinski definition) is 1. The molecule has 0 spiro atoms.